The Hall–Kier alpha value is -2.72. The van der Waals surface area contributed by atoms with Crippen LogP contribution in [0.25, 0.3) is 16.8 Å². The third kappa shape index (κ3) is 4.34. The average Bonchev–Trinajstić information content (AvgIpc) is 2.73. The largest absolute Gasteiger partial charge is 0.414 e. The fourth-order valence-corrected chi connectivity index (χ4v) is 3.60. The highest BCUT2D eigenvalue weighted by Crippen LogP contribution is 2.56. The van der Waals surface area contributed by atoms with E-state index in [2.05, 4.69) is 0 Å². The second-order valence-electron chi connectivity index (χ2n) is 5.71. The molecular formula is C21H19O5P. The maximum atomic E-state index is 12.9. The second kappa shape index (κ2) is 8.31. The van der Waals surface area contributed by atoms with Gasteiger partial charge in [-0.3, -0.25) is 4.57 Å². The Bertz CT molecular complexity index is 1020. The second-order valence-corrected chi connectivity index (χ2v) is 7.87. The van der Waals surface area contributed by atoms with Gasteiger partial charge in [-0.1, -0.05) is 54.6 Å². The average molecular weight is 382 g/mol. The minimum Gasteiger partial charge on any atom is -0.414 e. The lowest BCUT2D eigenvalue weighted by molar-refractivity contribution is 0.0635. The molecule has 0 saturated heterocycles. The minimum absolute atomic E-state index is 0.170. The van der Waals surface area contributed by atoms with Gasteiger partial charge in [0.2, 0.25) is 5.50 Å². The monoisotopic (exact) mass is 382 g/mol. The van der Waals surface area contributed by atoms with E-state index in [9.17, 15) is 9.36 Å². The third-order valence-corrected chi connectivity index (χ3v) is 5.74. The summed E-state index contributed by atoms with van der Waals surface area (Å²) in [5.41, 5.74) is 0.871. The Morgan fingerprint density at radius 2 is 1.48 bits per heavy atom. The lowest BCUT2D eigenvalue weighted by Crippen LogP contribution is -2.07. The van der Waals surface area contributed by atoms with E-state index in [4.69, 9.17) is 13.8 Å². The zero-order valence-electron chi connectivity index (χ0n) is 15.0. The Kier molecular flexibility index (Phi) is 5.87. The predicted octanol–water partition coefficient (Wildman–Crippen LogP) is 5.48. The number of benzene rings is 3. The first-order valence-corrected chi connectivity index (χ1v) is 9.80. The smallest absolute Gasteiger partial charge is 0.395 e. The topological polar surface area (TPSA) is 61.8 Å². The highest BCUT2D eigenvalue weighted by molar-refractivity contribution is 7.58. The van der Waals surface area contributed by atoms with Crippen LogP contribution in [0.5, 0.6) is 0 Å². The summed E-state index contributed by atoms with van der Waals surface area (Å²) in [5, 5.41) is 2.07. The van der Waals surface area contributed by atoms with Crippen LogP contribution in [0.2, 0.25) is 0 Å². The maximum absolute atomic E-state index is 12.9. The van der Waals surface area contributed by atoms with Gasteiger partial charge in [0.05, 0.1) is 5.56 Å². The number of fused-ring (bicyclic) bond motifs is 1. The molecule has 5 nitrogen and oxygen atoms in total. The fourth-order valence-electron chi connectivity index (χ4n) is 2.59. The number of rotatable bonds is 6. The van der Waals surface area contributed by atoms with E-state index < -0.39 is 13.6 Å². The maximum Gasteiger partial charge on any atom is 0.395 e. The van der Waals surface area contributed by atoms with Crippen LogP contribution in [0.3, 0.4) is 0 Å². The molecule has 0 aliphatic rings. The summed E-state index contributed by atoms with van der Waals surface area (Å²) in [5.74, 6) is -0.642. The van der Waals surface area contributed by atoms with Crippen LogP contribution in [0.1, 0.15) is 15.9 Å². The summed E-state index contributed by atoms with van der Waals surface area (Å²) in [4.78, 5) is 12.4. The van der Waals surface area contributed by atoms with Crippen LogP contribution in [0, 0.1) is 0 Å². The molecule has 3 aromatic rings. The Morgan fingerprint density at radius 3 is 2.15 bits per heavy atom. The van der Waals surface area contributed by atoms with Crippen LogP contribution in [-0.4, -0.2) is 20.2 Å². The molecular weight excluding hydrogens is 363 g/mol. The van der Waals surface area contributed by atoms with Gasteiger partial charge in [0.15, 0.2) is 0 Å². The van der Waals surface area contributed by atoms with Gasteiger partial charge in [-0.05, 0) is 40.6 Å². The molecule has 138 valence electrons. The van der Waals surface area contributed by atoms with Crippen molar-refractivity contribution in [3.8, 4) is 0 Å². The van der Waals surface area contributed by atoms with E-state index >= 15 is 0 Å². The molecule has 6 heteroatoms. The van der Waals surface area contributed by atoms with E-state index in [1.165, 1.54) is 20.3 Å². The van der Waals surface area contributed by atoms with Gasteiger partial charge in [0.25, 0.3) is 0 Å². The molecule has 0 aliphatic heterocycles. The highest BCUT2D eigenvalue weighted by atomic mass is 31.2. The van der Waals surface area contributed by atoms with Crippen LogP contribution in [0.4, 0.5) is 0 Å². The molecule has 0 aromatic heterocycles. The van der Waals surface area contributed by atoms with Crippen molar-refractivity contribution in [2.45, 2.75) is 0 Å². The number of esters is 1. The summed E-state index contributed by atoms with van der Waals surface area (Å²) in [6.07, 6.45) is 1.50. The molecule has 0 N–H and O–H groups in total. The quantitative estimate of drug-likeness (QED) is 0.321. The molecule has 0 fully saturated rings. The molecule has 3 aromatic carbocycles. The lowest BCUT2D eigenvalue weighted by atomic mass is 10.1. The van der Waals surface area contributed by atoms with Crippen LogP contribution < -0.4 is 0 Å². The SMILES string of the molecule is COP(=O)(OC)/C(=C/c1ccc2ccccc2c1)OC(=O)c1ccccc1. The Balaban J connectivity index is 2.01. The van der Waals surface area contributed by atoms with Gasteiger partial charge < -0.3 is 13.8 Å². The normalized spacial score (nSPS) is 12.1. The van der Waals surface area contributed by atoms with Crippen molar-refractivity contribution in [1.82, 2.24) is 0 Å². The summed E-state index contributed by atoms with van der Waals surface area (Å²) < 4.78 is 28.4. The number of carbonyl (C=O) groups excluding carboxylic acids is 1. The molecule has 0 atom stereocenters. The molecule has 0 heterocycles. The predicted molar refractivity (Wildman–Crippen MR) is 105 cm³/mol. The molecule has 3 rings (SSSR count). The van der Waals surface area contributed by atoms with E-state index in [0.717, 1.165) is 10.8 Å². The highest BCUT2D eigenvalue weighted by Gasteiger charge is 2.32. The first-order valence-electron chi connectivity index (χ1n) is 8.25. The molecule has 27 heavy (non-hydrogen) atoms. The molecule has 0 spiro atoms. The zero-order valence-corrected chi connectivity index (χ0v) is 15.9. The number of hydrogen-bond donors (Lipinski definition) is 0. The Labute approximate surface area is 157 Å². The van der Waals surface area contributed by atoms with E-state index in [0.29, 0.717) is 11.1 Å². The minimum atomic E-state index is -3.77. The van der Waals surface area contributed by atoms with E-state index in [1.54, 1.807) is 30.3 Å². The van der Waals surface area contributed by atoms with Crippen molar-refractivity contribution in [3.63, 3.8) is 0 Å². The van der Waals surface area contributed by atoms with Gasteiger partial charge in [-0.2, -0.15) is 0 Å². The van der Waals surface area contributed by atoms with Crippen molar-refractivity contribution in [2.75, 3.05) is 14.2 Å². The van der Waals surface area contributed by atoms with E-state index in [-0.39, 0.29) is 5.50 Å². The van der Waals surface area contributed by atoms with Gasteiger partial charge in [-0.25, -0.2) is 4.79 Å². The van der Waals surface area contributed by atoms with Crippen molar-refractivity contribution in [2.24, 2.45) is 0 Å². The summed E-state index contributed by atoms with van der Waals surface area (Å²) >= 11 is 0. The molecule has 0 aliphatic carbocycles. The number of hydrogen-bond acceptors (Lipinski definition) is 5. The van der Waals surface area contributed by atoms with Gasteiger partial charge in [0, 0.05) is 14.2 Å². The first kappa shape index (κ1) is 19.1. The summed E-state index contributed by atoms with van der Waals surface area (Å²) in [6, 6.07) is 22.0. The standard InChI is InChI=1S/C21H19O5P/c1-24-27(23,25-2)20(26-21(22)18-9-4-3-5-10-18)15-16-12-13-17-8-6-7-11-19(17)14-16/h3-15H,1-2H3/b20-15+. The van der Waals surface area contributed by atoms with Crippen LogP contribution in [-0.2, 0) is 18.3 Å². The van der Waals surface area contributed by atoms with E-state index in [1.807, 2.05) is 42.5 Å². The van der Waals surface area contributed by atoms with Crippen molar-refractivity contribution >= 4 is 30.4 Å². The van der Waals surface area contributed by atoms with Gasteiger partial charge >= 0.3 is 13.6 Å². The first-order chi connectivity index (χ1) is 13.1. The van der Waals surface area contributed by atoms with Crippen LogP contribution >= 0.6 is 7.60 Å². The van der Waals surface area contributed by atoms with Gasteiger partial charge in [-0.15, -0.1) is 0 Å². The van der Waals surface area contributed by atoms with Crippen molar-refractivity contribution in [3.05, 3.63) is 89.4 Å². The molecule has 0 amide bonds. The third-order valence-electron chi connectivity index (χ3n) is 4.02. The van der Waals surface area contributed by atoms with Gasteiger partial charge in [0.1, 0.15) is 0 Å². The summed E-state index contributed by atoms with van der Waals surface area (Å²) in [7, 11) is -1.28. The lowest BCUT2D eigenvalue weighted by Gasteiger charge is -2.17. The summed E-state index contributed by atoms with van der Waals surface area (Å²) in [6.45, 7) is 0. The van der Waals surface area contributed by atoms with Crippen molar-refractivity contribution in [1.29, 1.82) is 0 Å². The Morgan fingerprint density at radius 1 is 0.852 bits per heavy atom. The number of carbonyl (C=O) groups is 1. The zero-order chi connectivity index (χ0) is 19.3. The number of ether oxygens (including phenoxy) is 1. The molecule has 0 unspecified atom stereocenters. The van der Waals surface area contributed by atoms with Crippen LogP contribution in [0.15, 0.2) is 78.3 Å². The molecule has 0 saturated carbocycles. The van der Waals surface area contributed by atoms with Crippen molar-refractivity contribution < 1.29 is 23.1 Å². The fraction of sp³-hybridized carbons (Fsp3) is 0.0952. The molecule has 0 bridgehead atoms. The molecule has 0 radical (unpaired) electrons.